The molecule has 2 atom stereocenters. The molecule has 2 heterocycles. The van der Waals surface area contributed by atoms with Crippen molar-refractivity contribution < 1.29 is 49.8 Å². The minimum absolute atomic E-state index is 0.00280. The van der Waals surface area contributed by atoms with Crippen molar-refractivity contribution in [3.05, 3.63) is 85.6 Å². The number of carbonyl (C=O) groups excluding carboxylic acids is 2. The molecule has 264 valence electrons. The lowest BCUT2D eigenvalue weighted by atomic mass is 9.89. The number of esters is 1. The number of carbonyl (C=O) groups is 2. The summed E-state index contributed by atoms with van der Waals surface area (Å²) in [5, 5.41) is 2.49. The molecule has 15 heteroatoms. The zero-order chi connectivity index (χ0) is 36.0. The van der Waals surface area contributed by atoms with Crippen LogP contribution in [-0.4, -0.2) is 61.6 Å². The molecule has 0 spiro atoms. The van der Waals surface area contributed by atoms with Gasteiger partial charge in [-0.3, -0.25) is 9.59 Å². The van der Waals surface area contributed by atoms with Crippen LogP contribution in [0.1, 0.15) is 50.2 Å². The second kappa shape index (κ2) is 13.5. The highest BCUT2D eigenvalue weighted by Crippen LogP contribution is 2.39. The van der Waals surface area contributed by atoms with E-state index in [0.717, 1.165) is 34.4 Å². The molecule has 2 aromatic carbocycles. The summed E-state index contributed by atoms with van der Waals surface area (Å²) in [5.74, 6) is -2.95. The number of pyridine rings is 1. The highest BCUT2D eigenvalue weighted by molar-refractivity contribution is 5.98. The van der Waals surface area contributed by atoms with Gasteiger partial charge in [-0.2, -0.15) is 26.3 Å². The van der Waals surface area contributed by atoms with Gasteiger partial charge in [0.25, 0.3) is 11.5 Å². The molecule has 1 N–H and O–H groups in total. The van der Waals surface area contributed by atoms with Gasteiger partial charge >= 0.3 is 18.3 Å². The second-order valence-electron chi connectivity index (χ2n) is 12.2. The number of benzene rings is 2. The topological polar surface area (TPSA) is 89.9 Å². The first-order valence-electron chi connectivity index (χ1n) is 15.4. The number of rotatable bonds is 7. The van der Waals surface area contributed by atoms with Crippen LogP contribution in [0.4, 0.5) is 36.4 Å². The van der Waals surface area contributed by atoms with E-state index >= 15 is 4.39 Å². The van der Waals surface area contributed by atoms with Crippen molar-refractivity contribution in [2.75, 3.05) is 31.8 Å². The number of aryl methyl sites for hydroxylation is 2. The molecule has 1 aromatic heterocycles. The molecule has 1 saturated heterocycles. The second-order valence-corrected chi connectivity index (χ2v) is 12.2. The van der Waals surface area contributed by atoms with E-state index in [9.17, 15) is 40.7 Å². The summed E-state index contributed by atoms with van der Waals surface area (Å²) in [6, 6.07) is 1.88. The molecule has 2 aliphatic rings. The number of ether oxygens (including phenoxy) is 2. The fourth-order valence-corrected chi connectivity index (χ4v) is 6.78. The van der Waals surface area contributed by atoms with Gasteiger partial charge in [0.2, 0.25) is 0 Å². The largest absolute Gasteiger partial charge is 0.467 e. The van der Waals surface area contributed by atoms with Crippen molar-refractivity contribution in [3.63, 3.8) is 0 Å². The van der Waals surface area contributed by atoms with Gasteiger partial charge in [-0.05, 0) is 78.6 Å². The summed E-state index contributed by atoms with van der Waals surface area (Å²) in [7, 11) is 2.35. The molecule has 0 bridgehead atoms. The fourth-order valence-electron chi connectivity index (χ4n) is 6.78. The summed E-state index contributed by atoms with van der Waals surface area (Å²) >= 11 is 0. The third-order valence-corrected chi connectivity index (χ3v) is 9.14. The predicted octanol–water partition coefficient (Wildman–Crippen LogP) is 5.60. The Labute approximate surface area is 276 Å². The van der Waals surface area contributed by atoms with E-state index in [1.54, 1.807) is 6.07 Å². The maximum Gasteiger partial charge on any atom is 0.418 e. The zero-order valence-electron chi connectivity index (χ0n) is 27.1. The Bertz CT molecular complexity index is 1830. The third kappa shape index (κ3) is 7.03. The number of alkyl halides is 6. The molecule has 1 amide bonds. The molecular weight excluding hydrogens is 663 g/mol. The van der Waals surface area contributed by atoms with Crippen LogP contribution < -0.4 is 15.8 Å². The quantitative estimate of drug-likeness (QED) is 0.256. The molecule has 0 unspecified atom stereocenters. The van der Waals surface area contributed by atoms with E-state index in [2.05, 4.69) is 5.32 Å². The lowest BCUT2D eigenvalue weighted by Crippen LogP contribution is -2.53. The molecule has 5 rings (SSSR count). The lowest BCUT2D eigenvalue weighted by Gasteiger charge is -2.38. The Hall–Kier alpha value is -4.40. The van der Waals surface area contributed by atoms with Gasteiger partial charge in [0, 0.05) is 31.9 Å². The molecule has 0 radical (unpaired) electrons. The van der Waals surface area contributed by atoms with Crippen LogP contribution in [0.3, 0.4) is 0 Å². The average molecular weight is 698 g/mol. The maximum absolute atomic E-state index is 15.5. The molecule has 0 saturated carbocycles. The van der Waals surface area contributed by atoms with Gasteiger partial charge in [-0.25, -0.2) is 9.18 Å². The third-order valence-electron chi connectivity index (χ3n) is 9.14. The number of methoxy groups -OCH3 is 1. The monoisotopic (exact) mass is 697 g/mol. The lowest BCUT2D eigenvalue weighted by molar-refractivity contribution is -0.167. The van der Waals surface area contributed by atoms with Crippen molar-refractivity contribution in [2.45, 2.75) is 64.0 Å². The van der Waals surface area contributed by atoms with E-state index in [1.807, 2.05) is 0 Å². The molecule has 1 fully saturated rings. The van der Waals surface area contributed by atoms with Crippen molar-refractivity contribution in [1.29, 1.82) is 0 Å². The molecule has 8 nitrogen and oxygen atoms in total. The number of hydrogen-bond acceptors (Lipinski definition) is 6. The summed E-state index contributed by atoms with van der Waals surface area (Å²) in [6.07, 6.45) is -7.11. The number of aromatic nitrogens is 1. The summed E-state index contributed by atoms with van der Waals surface area (Å²) < 4.78 is 109. The minimum atomic E-state index is -4.69. The average Bonchev–Trinajstić information content (AvgIpc) is 3.52. The molecule has 1 aliphatic heterocycles. The van der Waals surface area contributed by atoms with Crippen LogP contribution in [0.15, 0.2) is 35.3 Å². The predicted molar refractivity (Wildman–Crippen MR) is 165 cm³/mol. The number of amides is 1. The highest BCUT2D eigenvalue weighted by atomic mass is 19.4. The van der Waals surface area contributed by atoms with Gasteiger partial charge in [-0.15, -0.1) is 0 Å². The van der Waals surface area contributed by atoms with Crippen LogP contribution in [0, 0.1) is 19.7 Å². The number of fused-ring (bicyclic) bond motifs is 1. The molecular formula is C34H34F7N3O5. The Balaban J connectivity index is 1.46. The van der Waals surface area contributed by atoms with E-state index < -0.39 is 65.4 Å². The van der Waals surface area contributed by atoms with Crippen LogP contribution in [0.2, 0.25) is 0 Å². The van der Waals surface area contributed by atoms with Crippen LogP contribution >= 0.6 is 0 Å². The zero-order valence-corrected chi connectivity index (χ0v) is 27.1. The van der Waals surface area contributed by atoms with Gasteiger partial charge in [0.05, 0.1) is 37.0 Å². The number of nitrogens with one attached hydrogen (secondary N) is 1. The molecule has 1 aliphatic carbocycles. The van der Waals surface area contributed by atoms with E-state index in [4.69, 9.17) is 9.47 Å². The smallest absolute Gasteiger partial charge is 0.418 e. The maximum atomic E-state index is 15.5. The van der Waals surface area contributed by atoms with E-state index in [0.29, 0.717) is 36.0 Å². The van der Waals surface area contributed by atoms with Gasteiger partial charge < -0.3 is 24.3 Å². The molecule has 49 heavy (non-hydrogen) atoms. The van der Waals surface area contributed by atoms with Gasteiger partial charge in [0.1, 0.15) is 17.9 Å². The number of morpholine rings is 1. The van der Waals surface area contributed by atoms with Crippen molar-refractivity contribution >= 4 is 17.6 Å². The van der Waals surface area contributed by atoms with Gasteiger partial charge in [0.15, 0.2) is 0 Å². The van der Waals surface area contributed by atoms with Crippen LogP contribution in [0.5, 0.6) is 0 Å². The number of nitrogens with zero attached hydrogens (tertiary/aromatic N) is 2. The van der Waals surface area contributed by atoms with Crippen molar-refractivity contribution in [2.24, 2.45) is 7.05 Å². The fraction of sp³-hybridized carbons (Fsp3) is 0.441. The standard InChI is InChI=1S/C34H34F7N3O5/c1-17-12-20(44-10-11-49-16-27(44)34(39,40)41)14-25(35)28(17)30(45)42-26(32(47)48-4)13-19-8-9-23(22-7-5-6-21(19)22)29-18(2)24(33(36,37)38)15-43(3)31(29)46/h8-9,12,14-15,26-27H,5-7,10-11,13,16H2,1-4H3,(H,42,45)/t26-,27+/m0/s1. The first-order valence-corrected chi connectivity index (χ1v) is 15.4. The summed E-state index contributed by atoms with van der Waals surface area (Å²) in [4.78, 5) is 40.4. The van der Waals surface area contributed by atoms with E-state index in [1.165, 1.54) is 33.0 Å². The molecule has 3 aromatic rings. The van der Waals surface area contributed by atoms with Crippen LogP contribution in [0.25, 0.3) is 11.1 Å². The Morgan fingerprint density at radius 3 is 2.41 bits per heavy atom. The summed E-state index contributed by atoms with van der Waals surface area (Å²) in [6.45, 7) is 1.83. The van der Waals surface area contributed by atoms with Gasteiger partial charge in [-0.1, -0.05) is 12.1 Å². The first kappa shape index (κ1) is 35.9. The van der Waals surface area contributed by atoms with Crippen LogP contribution in [-0.2, 0) is 46.8 Å². The number of hydrogen-bond donors (Lipinski definition) is 1. The SMILES string of the molecule is COC(=O)[C@H](Cc1ccc(-c2c(C)c(C(F)(F)F)cn(C)c2=O)c2c1CCC2)NC(=O)c1c(C)cc(N2CCOC[C@@H]2C(F)(F)F)cc1F. The first-order chi connectivity index (χ1) is 22.9. The number of halogens is 7. The van der Waals surface area contributed by atoms with Crippen molar-refractivity contribution in [3.8, 4) is 11.1 Å². The van der Waals surface area contributed by atoms with Crippen molar-refractivity contribution in [1.82, 2.24) is 9.88 Å². The Morgan fingerprint density at radius 1 is 1.08 bits per heavy atom. The number of anilines is 1. The summed E-state index contributed by atoms with van der Waals surface area (Å²) in [5.41, 5.74) is -0.0264. The van der Waals surface area contributed by atoms with E-state index in [-0.39, 0.29) is 42.0 Å². The minimum Gasteiger partial charge on any atom is -0.467 e. The Kier molecular flexibility index (Phi) is 9.88. The Morgan fingerprint density at radius 2 is 1.78 bits per heavy atom. The highest BCUT2D eigenvalue weighted by Gasteiger charge is 2.46. The normalized spacial score (nSPS) is 17.1.